The minimum absolute atomic E-state index is 0. The first-order valence-corrected chi connectivity index (χ1v) is 4.41. The highest BCUT2D eigenvalue weighted by Gasteiger charge is 2.52. The van der Waals surface area contributed by atoms with Gasteiger partial charge >= 0.3 is 5.51 Å². The van der Waals surface area contributed by atoms with Gasteiger partial charge in [-0.2, -0.15) is 13.2 Å². The molecule has 0 bridgehead atoms. The van der Waals surface area contributed by atoms with E-state index in [1.165, 1.54) is 0 Å². The Balaban J connectivity index is 0.00000121. The molecule has 1 rings (SSSR count). The lowest BCUT2D eigenvalue weighted by Gasteiger charge is -2.27. The van der Waals surface area contributed by atoms with Crippen molar-refractivity contribution in [3.8, 4) is 0 Å². The van der Waals surface area contributed by atoms with Gasteiger partial charge in [0.15, 0.2) is 0 Å². The number of rotatable bonds is 1. The third kappa shape index (κ3) is 1.83. The molecular weight excluding hydrogens is 219 g/mol. The molecule has 0 aromatic rings. The van der Waals surface area contributed by atoms with Crippen molar-refractivity contribution in [2.24, 2.45) is 0 Å². The van der Waals surface area contributed by atoms with Gasteiger partial charge in [0.05, 0.1) is 5.25 Å². The van der Waals surface area contributed by atoms with Crippen molar-refractivity contribution in [2.45, 2.75) is 10.8 Å². The van der Waals surface area contributed by atoms with E-state index in [0.717, 1.165) is 0 Å². The molecule has 0 saturated carbocycles. The summed E-state index contributed by atoms with van der Waals surface area (Å²) >= 11 is 0. The molecule has 12 heavy (non-hydrogen) atoms. The van der Waals surface area contributed by atoms with Crippen LogP contribution in [0.25, 0.3) is 0 Å². The summed E-state index contributed by atoms with van der Waals surface area (Å²) in [6, 6.07) is 0. The number of halogens is 4. The van der Waals surface area contributed by atoms with Crippen LogP contribution in [0.2, 0.25) is 0 Å². The maximum Gasteiger partial charge on any atom is 0.497 e. The topological polar surface area (TPSA) is 46.2 Å². The summed E-state index contributed by atoms with van der Waals surface area (Å²) in [5.74, 6) is 0. The molecule has 1 N–H and O–H groups in total. The van der Waals surface area contributed by atoms with E-state index in [0.29, 0.717) is 0 Å². The minimum atomic E-state index is -5.10. The van der Waals surface area contributed by atoms with Crippen LogP contribution < -0.4 is 5.32 Å². The fourth-order valence-corrected chi connectivity index (χ4v) is 1.72. The van der Waals surface area contributed by atoms with Crippen LogP contribution >= 0.6 is 12.4 Å². The third-order valence-electron chi connectivity index (χ3n) is 1.51. The van der Waals surface area contributed by atoms with Crippen LogP contribution in [0.4, 0.5) is 13.2 Å². The molecule has 1 saturated heterocycles. The van der Waals surface area contributed by atoms with E-state index in [9.17, 15) is 21.6 Å². The Hall–Kier alpha value is -0.0100. The van der Waals surface area contributed by atoms with Gasteiger partial charge in [-0.05, 0) is 0 Å². The van der Waals surface area contributed by atoms with Gasteiger partial charge in [0.1, 0.15) is 0 Å². The van der Waals surface area contributed by atoms with Crippen molar-refractivity contribution in [3.63, 3.8) is 0 Å². The van der Waals surface area contributed by atoms with Gasteiger partial charge < -0.3 is 5.32 Å². The summed E-state index contributed by atoms with van der Waals surface area (Å²) in [7, 11) is -4.90. The van der Waals surface area contributed by atoms with E-state index >= 15 is 0 Å². The van der Waals surface area contributed by atoms with Crippen molar-refractivity contribution >= 4 is 22.2 Å². The quantitative estimate of drug-likeness (QED) is 0.699. The lowest BCUT2D eigenvalue weighted by Crippen LogP contribution is -2.54. The average molecular weight is 226 g/mol. The first-order chi connectivity index (χ1) is 4.86. The predicted octanol–water partition coefficient (Wildman–Crippen LogP) is 0.315. The lowest BCUT2D eigenvalue weighted by atomic mass is 10.3. The fraction of sp³-hybridized carbons (Fsp3) is 1.00. The molecular formula is C4H7ClF3NO2S. The first-order valence-electron chi connectivity index (χ1n) is 2.86. The van der Waals surface area contributed by atoms with E-state index < -0.39 is 20.6 Å². The molecule has 0 radical (unpaired) electrons. The zero-order chi connectivity index (χ0) is 8.70. The van der Waals surface area contributed by atoms with Crippen LogP contribution in [0, 0.1) is 0 Å². The van der Waals surface area contributed by atoms with Gasteiger partial charge in [0.25, 0.3) is 9.84 Å². The number of nitrogens with one attached hydrogen (secondary N) is 1. The normalized spacial score (nSPS) is 19.6. The zero-order valence-electron chi connectivity index (χ0n) is 5.76. The monoisotopic (exact) mass is 225 g/mol. The maximum absolute atomic E-state index is 11.7. The number of sulfone groups is 1. The van der Waals surface area contributed by atoms with Gasteiger partial charge in [-0.3, -0.25) is 0 Å². The Labute approximate surface area is 73.7 Å². The lowest BCUT2D eigenvalue weighted by molar-refractivity contribution is -0.0449. The Kier molecular flexibility index (Phi) is 3.39. The van der Waals surface area contributed by atoms with E-state index in [1.54, 1.807) is 0 Å². The minimum Gasteiger partial charge on any atom is -0.314 e. The molecule has 1 fully saturated rings. The molecule has 0 aromatic heterocycles. The highest BCUT2D eigenvalue weighted by Crippen LogP contribution is 2.28. The van der Waals surface area contributed by atoms with Crippen LogP contribution in [-0.4, -0.2) is 32.3 Å². The molecule has 74 valence electrons. The summed E-state index contributed by atoms with van der Waals surface area (Å²) in [6.45, 7) is -0.191. The van der Waals surface area contributed by atoms with Crippen LogP contribution in [0.1, 0.15) is 0 Å². The van der Waals surface area contributed by atoms with E-state index in [4.69, 9.17) is 0 Å². The van der Waals surface area contributed by atoms with Gasteiger partial charge in [-0.1, -0.05) is 0 Å². The number of alkyl halides is 3. The standard InChI is InChI=1S/C4H6F3NO2S.ClH/c5-4(6,7)11(9,10)3-1-8-2-3;/h3,8H,1-2H2;1H. The van der Waals surface area contributed by atoms with Crippen LogP contribution in [0.5, 0.6) is 0 Å². The highest BCUT2D eigenvalue weighted by molar-refractivity contribution is 7.93. The van der Waals surface area contributed by atoms with Gasteiger partial charge in [0, 0.05) is 13.1 Å². The smallest absolute Gasteiger partial charge is 0.314 e. The third-order valence-corrected chi connectivity index (χ3v) is 3.36. The van der Waals surface area contributed by atoms with Crippen molar-refractivity contribution in [3.05, 3.63) is 0 Å². The van der Waals surface area contributed by atoms with E-state index in [2.05, 4.69) is 5.32 Å². The van der Waals surface area contributed by atoms with Crippen molar-refractivity contribution in [2.75, 3.05) is 13.1 Å². The second kappa shape index (κ2) is 3.39. The molecule has 1 aliphatic heterocycles. The predicted molar refractivity (Wildman–Crippen MR) is 38.9 cm³/mol. The summed E-state index contributed by atoms with van der Waals surface area (Å²) in [5.41, 5.74) is -5.10. The summed E-state index contributed by atoms with van der Waals surface area (Å²) in [5, 5.41) is 1.18. The molecule has 0 unspecified atom stereocenters. The largest absolute Gasteiger partial charge is 0.497 e. The molecule has 0 spiro atoms. The zero-order valence-corrected chi connectivity index (χ0v) is 7.39. The second-order valence-electron chi connectivity index (χ2n) is 2.27. The van der Waals surface area contributed by atoms with Gasteiger partial charge in [-0.25, -0.2) is 8.42 Å². The summed E-state index contributed by atoms with van der Waals surface area (Å²) in [4.78, 5) is 0. The molecule has 3 nitrogen and oxygen atoms in total. The van der Waals surface area contributed by atoms with Crippen LogP contribution in [0.15, 0.2) is 0 Å². The molecule has 0 aromatic carbocycles. The van der Waals surface area contributed by atoms with Gasteiger partial charge in [-0.15, -0.1) is 12.4 Å². The first kappa shape index (κ1) is 12.0. The Bertz CT molecular complexity index is 246. The number of hydrogen-bond donors (Lipinski definition) is 1. The highest BCUT2D eigenvalue weighted by atomic mass is 35.5. The number of hydrogen-bond acceptors (Lipinski definition) is 3. The molecule has 0 atom stereocenters. The summed E-state index contributed by atoms with van der Waals surface area (Å²) in [6.07, 6.45) is 0. The molecule has 0 aliphatic carbocycles. The van der Waals surface area contributed by atoms with Crippen molar-refractivity contribution in [1.82, 2.24) is 5.32 Å². The summed E-state index contributed by atoms with van der Waals surface area (Å²) < 4.78 is 56.0. The molecule has 1 aliphatic rings. The van der Waals surface area contributed by atoms with E-state index in [1.807, 2.05) is 0 Å². The Morgan fingerprint density at radius 2 is 1.67 bits per heavy atom. The average Bonchev–Trinajstić information content (AvgIpc) is 1.53. The Morgan fingerprint density at radius 3 is 1.75 bits per heavy atom. The molecule has 8 heteroatoms. The van der Waals surface area contributed by atoms with Crippen LogP contribution in [-0.2, 0) is 9.84 Å². The maximum atomic E-state index is 11.7. The van der Waals surface area contributed by atoms with Gasteiger partial charge in [0.2, 0.25) is 0 Å². The van der Waals surface area contributed by atoms with E-state index in [-0.39, 0.29) is 25.5 Å². The van der Waals surface area contributed by atoms with Crippen LogP contribution in [0.3, 0.4) is 0 Å². The SMILES string of the molecule is Cl.O=S(=O)(C1CNC1)C(F)(F)F. The van der Waals surface area contributed by atoms with Crippen molar-refractivity contribution in [1.29, 1.82) is 0 Å². The molecule has 0 amide bonds. The second-order valence-corrected chi connectivity index (χ2v) is 4.49. The molecule has 1 heterocycles. The fourth-order valence-electron chi connectivity index (χ4n) is 0.671. The Morgan fingerprint density at radius 1 is 1.25 bits per heavy atom. The van der Waals surface area contributed by atoms with Crippen molar-refractivity contribution < 1.29 is 21.6 Å².